The van der Waals surface area contributed by atoms with Crippen molar-refractivity contribution in [3.63, 3.8) is 0 Å². The first-order chi connectivity index (χ1) is 12.7. The lowest BCUT2D eigenvalue weighted by molar-refractivity contribution is 0.302. The van der Waals surface area contributed by atoms with Crippen LogP contribution in [0.25, 0.3) is 22.2 Å². The molecule has 0 amide bonds. The third-order valence-corrected chi connectivity index (χ3v) is 4.72. The Hall–Kier alpha value is -2.79. The third kappa shape index (κ3) is 2.84. The Labute approximate surface area is 152 Å². The molecule has 0 aliphatic carbocycles. The fraction of sp³-hybridized carbons (Fsp3) is 0.286. The highest BCUT2D eigenvalue weighted by atomic mass is 16.5. The van der Waals surface area contributed by atoms with Crippen LogP contribution in [0.1, 0.15) is 11.1 Å². The number of ether oxygens (including phenoxy) is 3. The van der Waals surface area contributed by atoms with Gasteiger partial charge in [-0.05, 0) is 36.8 Å². The molecule has 26 heavy (non-hydrogen) atoms. The molecular formula is C21H22N2O3. The highest BCUT2D eigenvalue weighted by molar-refractivity contribution is 5.89. The number of benzene rings is 2. The molecule has 0 spiro atoms. The van der Waals surface area contributed by atoms with Crippen molar-refractivity contribution in [2.24, 2.45) is 0 Å². The average Bonchev–Trinajstić information content (AvgIpc) is 2.92. The molecule has 5 nitrogen and oxygen atoms in total. The lowest BCUT2D eigenvalue weighted by Gasteiger charge is -2.15. The first kappa shape index (κ1) is 16.7. The number of para-hydroxylation sites is 1. The Morgan fingerprint density at radius 1 is 1.08 bits per heavy atom. The van der Waals surface area contributed by atoms with Crippen molar-refractivity contribution < 1.29 is 14.2 Å². The summed E-state index contributed by atoms with van der Waals surface area (Å²) < 4.78 is 17.0. The minimum absolute atomic E-state index is 0.632. The number of aryl methyl sites for hydroxylation is 1. The van der Waals surface area contributed by atoms with Crippen LogP contribution in [0.4, 0.5) is 0 Å². The summed E-state index contributed by atoms with van der Waals surface area (Å²) in [6.45, 7) is 4.29. The smallest absolute Gasteiger partial charge is 0.165 e. The van der Waals surface area contributed by atoms with Crippen LogP contribution in [0.15, 0.2) is 36.4 Å². The zero-order valence-electron chi connectivity index (χ0n) is 15.3. The van der Waals surface area contributed by atoms with Crippen LogP contribution < -0.4 is 19.5 Å². The SMILES string of the molecule is COc1cc(-c2cc(C)c3cccc(OC)c3n2)cc2c1OCCNC2. The molecule has 134 valence electrons. The Morgan fingerprint density at radius 2 is 1.92 bits per heavy atom. The predicted molar refractivity (Wildman–Crippen MR) is 102 cm³/mol. The molecule has 0 atom stereocenters. The molecule has 1 N–H and O–H groups in total. The third-order valence-electron chi connectivity index (χ3n) is 4.72. The predicted octanol–water partition coefficient (Wildman–Crippen LogP) is 3.71. The maximum Gasteiger partial charge on any atom is 0.165 e. The van der Waals surface area contributed by atoms with Gasteiger partial charge in [-0.2, -0.15) is 0 Å². The molecule has 0 saturated carbocycles. The van der Waals surface area contributed by atoms with Gasteiger partial charge >= 0.3 is 0 Å². The van der Waals surface area contributed by atoms with E-state index in [1.54, 1.807) is 14.2 Å². The van der Waals surface area contributed by atoms with Gasteiger partial charge in [0.15, 0.2) is 11.5 Å². The average molecular weight is 350 g/mol. The van der Waals surface area contributed by atoms with Crippen molar-refractivity contribution in [1.82, 2.24) is 10.3 Å². The summed E-state index contributed by atoms with van der Waals surface area (Å²) in [5.74, 6) is 2.33. The number of fused-ring (bicyclic) bond motifs is 2. The standard InChI is InChI=1S/C21H22N2O3/c1-13-9-17(23-20-16(13)5-4-6-18(20)24-2)14-10-15-12-22-7-8-26-21(15)19(11-14)25-3/h4-6,9-11,22H,7-8,12H2,1-3H3. The van der Waals surface area contributed by atoms with Crippen LogP contribution in [0.2, 0.25) is 0 Å². The van der Waals surface area contributed by atoms with Gasteiger partial charge in [0.2, 0.25) is 0 Å². The zero-order valence-corrected chi connectivity index (χ0v) is 15.3. The minimum atomic E-state index is 0.632. The van der Waals surface area contributed by atoms with E-state index in [0.717, 1.165) is 63.6 Å². The van der Waals surface area contributed by atoms with Gasteiger partial charge in [0.1, 0.15) is 17.9 Å². The van der Waals surface area contributed by atoms with E-state index in [1.165, 1.54) is 0 Å². The van der Waals surface area contributed by atoms with E-state index < -0.39 is 0 Å². The van der Waals surface area contributed by atoms with Crippen LogP contribution in [0.5, 0.6) is 17.2 Å². The molecule has 4 rings (SSSR count). The van der Waals surface area contributed by atoms with Crippen molar-refractivity contribution in [1.29, 1.82) is 0 Å². The first-order valence-electron chi connectivity index (χ1n) is 8.70. The number of methoxy groups -OCH3 is 2. The zero-order chi connectivity index (χ0) is 18.1. The van der Waals surface area contributed by atoms with Crippen LogP contribution in [-0.2, 0) is 6.54 Å². The van der Waals surface area contributed by atoms with Gasteiger partial charge in [0, 0.05) is 29.6 Å². The number of nitrogens with one attached hydrogen (secondary N) is 1. The van der Waals surface area contributed by atoms with E-state index >= 15 is 0 Å². The molecule has 5 heteroatoms. The van der Waals surface area contributed by atoms with E-state index in [0.29, 0.717) is 6.61 Å². The highest BCUT2D eigenvalue weighted by Gasteiger charge is 2.18. The molecule has 0 fully saturated rings. The second kappa shape index (κ2) is 6.84. The molecule has 2 aromatic carbocycles. The molecule has 0 saturated heterocycles. The van der Waals surface area contributed by atoms with Crippen LogP contribution >= 0.6 is 0 Å². The summed E-state index contributed by atoms with van der Waals surface area (Å²) >= 11 is 0. The Morgan fingerprint density at radius 3 is 2.73 bits per heavy atom. The molecule has 0 bridgehead atoms. The molecule has 1 aromatic heterocycles. The number of hydrogen-bond acceptors (Lipinski definition) is 5. The molecule has 0 radical (unpaired) electrons. The number of aromatic nitrogens is 1. The summed E-state index contributed by atoms with van der Waals surface area (Å²) in [6, 6.07) is 12.2. The lowest BCUT2D eigenvalue weighted by atomic mass is 10.0. The quantitative estimate of drug-likeness (QED) is 0.780. The summed E-state index contributed by atoms with van der Waals surface area (Å²) in [5, 5.41) is 4.47. The van der Waals surface area contributed by atoms with Crippen LogP contribution in [0.3, 0.4) is 0 Å². The summed E-state index contributed by atoms with van der Waals surface area (Å²) in [4.78, 5) is 4.88. The Bertz CT molecular complexity index is 969. The van der Waals surface area contributed by atoms with E-state index in [1.807, 2.05) is 18.2 Å². The van der Waals surface area contributed by atoms with Gasteiger partial charge in [-0.1, -0.05) is 12.1 Å². The van der Waals surface area contributed by atoms with E-state index in [4.69, 9.17) is 19.2 Å². The van der Waals surface area contributed by atoms with Crippen molar-refractivity contribution in [2.75, 3.05) is 27.4 Å². The van der Waals surface area contributed by atoms with Gasteiger partial charge in [-0.3, -0.25) is 0 Å². The molecule has 3 aromatic rings. The van der Waals surface area contributed by atoms with E-state index in [2.05, 4.69) is 30.4 Å². The van der Waals surface area contributed by atoms with Gasteiger partial charge in [0.05, 0.1) is 19.9 Å². The summed E-state index contributed by atoms with van der Waals surface area (Å²) in [7, 11) is 3.34. The lowest BCUT2D eigenvalue weighted by Crippen LogP contribution is -2.16. The maximum atomic E-state index is 5.86. The van der Waals surface area contributed by atoms with Gasteiger partial charge in [-0.25, -0.2) is 4.98 Å². The number of nitrogens with zero attached hydrogens (tertiary/aromatic N) is 1. The summed E-state index contributed by atoms with van der Waals surface area (Å²) in [6.07, 6.45) is 0. The van der Waals surface area contributed by atoms with Crippen molar-refractivity contribution in [2.45, 2.75) is 13.5 Å². The number of rotatable bonds is 3. The van der Waals surface area contributed by atoms with Crippen molar-refractivity contribution in [3.05, 3.63) is 47.5 Å². The van der Waals surface area contributed by atoms with Crippen molar-refractivity contribution >= 4 is 10.9 Å². The second-order valence-corrected chi connectivity index (χ2v) is 6.37. The molecule has 0 unspecified atom stereocenters. The van der Waals surface area contributed by atoms with Gasteiger partial charge in [0.25, 0.3) is 0 Å². The highest BCUT2D eigenvalue weighted by Crippen LogP contribution is 2.38. The topological polar surface area (TPSA) is 52.6 Å². The van der Waals surface area contributed by atoms with Crippen LogP contribution in [-0.4, -0.2) is 32.4 Å². The van der Waals surface area contributed by atoms with Crippen molar-refractivity contribution in [3.8, 4) is 28.5 Å². The Kier molecular flexibility index (Phi) is 4.39. The van der Waals surface area contributed by atoms with Crippen LogP contribution in [0, 0.1) is 6.92 Å². The number of hydrogen-bond donors (Lipinski definition) is 1. The summed E-state index contributed by atoms with van der Waals surface area (Å²) in [5.41, 5.74) is 5.01. The maximum absolute atomic E-state index is 5.86. The normalized spacial score (nSPS) is 13.7. The van der Waals surface area contributed by atoms with Gasteiger partial charge in [-0.15, -0.1) is 0 Å². The van der Waals surface area contributed by atoms with E-state index in [-0.39, 0.29) is 0 Å². The fourth-order valence-electron chi connectivity index (χ4n) is 3.41. The number of pyridine rings is 1. The fourth-order valence-corrected chi connectivity index (χ4v) is 3.41. The Balaban J connectivity index is 1.91. The molecule has 1 aliphatic rings. The molecular weight excluding hydrogens is 328 g/mol. The minimum Gasteiger partial charge on any atom is -0.494 e. The monoisotopic (exact) mass is 350 g/mol. The van der Waals surface area contributed by atoms with Gasteiger partial charge < -0.3 is 19.5 Å². The molecule has 1 aliphatic heterocycles. The van der Waals surface area contributed by atoms with E-state index in [9.17, 15) is 0 Å². The second-order valence-electron chi connectivity index (χ2n) is 6.37. The molecule has 2 heterocycles. The first-order valence-corrected chi connectivity index (χ1v) is 8.70. The largest absolute Gasteiger partial charge is 0.494 e.